The number of aliphatic hydroxyl groups is 2. The van der Waals surface area contributed by atoms with Crippen LogP contribution in [0.3, 0.4) is 0 Å². The Hall–Kier alpha value is -7.55. The lowest BCUT2D eigenvalue weighted by Gasteiger charge is -2.40. The van der Waals surface area contributed by atoms with Gasteiger partial charge in [0.25, 0.3) is 0 Å². The van der Waals surface area contributed by atoms with Gasteiger partial charge in [-0.3, -0.25) is 57.6 Å². The molecule has 26 heteroatoms. The lowest BCUT2D eigenvalue weighted by Crippen LogP contribution is -2.63. The zero-order valence-corrected chi connectivity index (χ0v) is 63.1. The maximum Gasteiger partial charge on any atom is 0.247 e. The van der Waals surface area contributed by atoms with Crippen LogP contribution in [0.15, 0.2) is 60.7 Å². The number of likely N-dealkylation sites (N-methyl/N-ethyl adjacent to an activating group) is 7. The number of benzene rings is 2. The number of amides is 11. The van der Waals surface area contributed by atoms with E-state index in [2.05, 4.69) is 21.3 Å². The maximum absolute atomic E-state index is 15.6. The van der Waals surface area contributed by atoms with Crippen molar-refractivity contribution >= 4 is 65.0 Å². The molecule has 0 aromatic heterocycles. The molecule has 2 aromatic carbocycles. The molecule has 11 amide bonds. The van der Waals surface area contributed by atoms with E-state index in [1.807, 2.05) is 73.6 Å². The molecule has 2 aliphatic rings. The third-order valence-electron chi connectivity index (χ3n) is 19.4. The van der Waals surface area contributed by atoms with Crippen LogP contribution in [0, 0.1) is 29.6 Å². The van der Waals surface area contributed by atoms with Crippen molar-refractivity contribution in [3.8, 4) is 0 Å². The zero-order chi connectivity index (χ0) is 75.2. The summed E-state index contributed by atoms with van der Waals surface area (Å²) in [6.07, 6.45) is -0.256. The lowest BCUT2D eigenvalue weighted by molar-refractivity contribution is -0.152. The minimum Gasteiger partial charge on any atom is -0.391 e. The van der Waals surface area contributed by atoms with Gasteiger partial charge < -0.3 is 70.5 Å². The smallest absolute Gasteiger partial charge is 0.247 e. The normalized spacial score (nSPS) is 26.3. The first kappa shape index (κ1) is 84.9. The number of hydrogen-bond donors (Lipinski definition) is 6. The summed E-state index contributed by atoms with van der Waals surface area (Å²) in [6.45, 7) is 20.8. The Balaban J connectivity index is 1.98. The molecule has 0 spiro atoms. The summed E-state index contributed by atoms with van der Waals surface area (Å²) >= 11 is 0. The van der Waals surface area contributed by atoms with Crippen molar-refractivity contribution in [2.24, 2.45) is 29.6 Å². The molecule has 1 unspecified atom stereocenters. The summed E-state index contributed by atoms with van der Waals surface area (Å²) in [5, 5.41) is 34.0. The quantitative estimate of drug-likeness (QED) is 0.125. The van der Waals surface area contributed by atoms with Gasteiger partial charge in [0.15, 0.2) is 0 Å². The van der Waals surface area contributed by atoms with E-state index in [1.54, 1.807) is 61.2 Å². The molecule has 2 fully saturated rings. The van der Waals surface area contributed by atoms with Gasteiger partial charge >= 0.3 is 0 Å². The Morgan fingerprint density at radius 1 is 0.530 bits per heavy atom. The molecule has 4 rings (SSSR count). The summed E-state index contributed by atoms with van der Waals surface area (Å²) in [5.41, 5.74) is 1.35. The van der Waals surface area contributed by atoms with Crippen molar-refractivity contribution in [2.45, 2.75) is 220 Å². The van der Waals surface area contributed by atoms with Crippen LogP contribution in [-0.4, -0.2) is 269 Å². The first-order chi connectivity index (χ1) is 46.9. The number of piperidine rings is 1. The second-order valence-corrected chi connectivity index (χ2v) is 29.4. The highest BCUT2D eigenvalue weighted by Crippen LogP contribution is 2.25. The fourth-order valence-corrected chi connectivity index (χ4v) is 12.8. The van der Waals surface area contributed by atoms with Crippen LogP contribution in [0.5, 0.6) is 0 Å². The molecular weight excluding hydrogens is 1280 g/mol. The van der Waals surface area contributed by atoms with E-state index in [4.69, 9.17) is 4.74 Å². The van der Waals surface area contributed by atoms with Crippen LogP contribution in [0.1, 0.15) is 146 Å². The van der Waals surface area contributed by atoms with E-state index >= 15 is 28.8 Å². The van der Waals surface area contributed by atoms with Crippen molar-refractivity contribution in [1.29, 1.82) is 0 Å². The van der Waals surface area contributed by atoms with E-state index < -0.39 is 169 Å². The topological polar surface area (TPSA) is 311 Å². The number of ether oxygens (including phenoxy) is 1. The Morgan fingerprint density at radius 3 is 1.53 bits per heavy atom. The number of rotatable bonds is 18. The molecule has 2 heterocycles. The second-order valence-electron chi connectivity index (χ2n) is 29.4. The van der Waals surface area contributed by atoms with Crippen molar-refractivity contribution in [3.05, 3.63) is 71.8 Å². The molecule has 0 aliphatic carbocycles. The minimum absolute atomic E-state index is 0.00857. The van der Waals surface area contributed by atoms with E-state index in [0.29, 0.717) is 43.5 Å². The molecule has 2 aliphatic heterocycles. The molecule has 6 N–H and O–H groups in total. The van der Waals surface area contributed by atoms with E-state index in [-0.39, 0.29) is 56.5 Å². The lowest BCUT2D eigenvalue weighted by atomic mass is 9.93. The Morgan fingerprint density at radius 2 is 1.01 bits per heavy atom. The third kappa shape index (κ3) is 24.3. The van der Waals surface area contributed by atoms with Gasteiger partial charge in [-0.2, -0.15) is 0 Å². The van der Waals surface area contributed by atoms with Crippen molar-refractivity contribution in [1.82, 2.24) is 60.5 Å². The summed E-state index contributed by atoms with van der Waals surface area (Å²) < 4.78 is 5.79. The van der Waals surface area contributed by atoms with Gasteiger partial charge in [0.05, 0.1) is 38.3 Å². The van der Waals surface area contributed by atoms with Crippen molar-refractivity contribution in [2.75, 3.05) is 82.2 Å². The van der Waals surface area contributed by atoms with E-state index in [1.165, 1.54) is 92.6 Å². The van der Waals surface area contributed by atoms with Crippen LogP contribution >= 0.6 is 0 Å². The molecule has 0 radical (unpaired) electrons. The Labute approximate surface area is 594 Å². The van der Waals surface area contributed by atoms with Gasteiger partial charge in [-0.05, 0) is 100 Å². The first-order valence-electron chi connectivity index (χ1n) is 35.7. The summed E-state index contributed by atoms with van der Waals surface area (Å²) in [6, 6.07) is 5.13. The predicted octanol–water partition coefficient (Wildman–Crippen LogP) is 3.30. The fraction of sp³-hybridized carbons (Fsp3) is 0.689. The summed E-state index contributed by atoms with van der Waals surface area (Å²) in [5.74, 6) is -9.07. The molecule has 2 aromatic rings. The second kappa shape index (κ2) is 40.2. The Kier molecular flexibility index (Phi) is 34.1. The molecule has 100 heavy (non-hydrogen) atoms. The van der Waals surface area contributed by atoms with Crippen LogP contribution in [0.4, 0.5) is 0 Å². The van der Waals surface area contributed by atoms with Gasteiger partial charge in [0.1, 0.15) is 60.6 Å². The van der Waals surface area contributed by atoms with Crippen LogP contribution in [0.25, 0.3) is 0 Å². The van der Waals surface area contributed by atoms with Crippen LogP contribution in [-0.2, 0) is 70.3 Å². The first-order valence-corrected chi connectivity index (χ1v) is 35.7. The van der Waals surface area contributed by atoms with Gasteiger partial charge in [0.2, 0.25) is 65.0 Å². The number of carbonyl (C=O) groups is 11. The molecular formula is C74H120N12O14. The van der Waals surface area contributed by atoms with Gasteiger partial charge in [0, 0.05) is 68.2 Å². The van der Waals surface area contributed by atoms with Crippen LogP contribution < -0.4 is 21.3 Å². The standard InChI is InChI=1S/C74H120N12O14/c1-20-49(10)64-68(93)78-63(48(8)9)74(99)79(13)42-62(89)81(15)57(37-46(4)5)66(91)76-55(71(96)86-34-28-23-29-35-86)41-61(88)80(14)51(12)65(90)77-56(44-100-43-50(11)87)70(95)83(17)59(38-47(6)7)72(97)82(16)58(39-52-30-24-21-25-31-52)67(92)75-54(36-45(2)3)69(94)84(18)60(73(98)85(64)19)40-53-32-26-22-27-33-53/h21-22,24-27,30-33,45-51,54-60,63-64,74,87,99H,20,23,28-29,34-44H2,1-19H3,(H,75,92)(H,76,91)(H,77,90)(H,78,93)/t49-,50+,51-,54-,55-,56-,57-,58-,59-,60-,63-,64-,74?/m0/s1. The summed E-state index contributed by atoms with van der Waals surface area (Å²) in [7, 11) is 10.1. The van der Waals surface area contributed by atoms with Crippen molar-refractivity contribution in [3.63, 3.8) is 0 Å². The van der Waals surface area contributed by atoms with E-state index in [9.17, 15) is 34.2 Å². The average molecular weight is 1400 g/mol. The highest BCUT2D eigenvalue weighted by molar-refractivity contribution is 5.99. The van der Waals surface area contributed by atoms with Gasteiger partial charge in [-0.1, -0.05) is 136 Å². The monoisotopic (exact) mass is 1400 g/mol. The summed E-state index contributed by atoms with van der Waals surface area (Å²) in [4.78, 5) is 176. The number of carbonyl (C=O) groups excluding carboxylic acids is 11. The molecule has 26 nitrogen and oxygen atoms in total. The number of nitrogens with zero attached hydrogens (tertiary/aromatic N) is 8. The van der Waals surface area contributed by atoms with Gasteiger partial charge in [-0.25, -0.2) is 0 Å². The van der Waals surface area contributed by atoms with Crippen LogP contribution in [0.2, 0.25) is 0 Å². The molecule has 560 valence electrons. The third-order valence-corrected chi connectivity index (χ3v) is 19.4. The molecule has 0 bridgehead atoms. The van der Waals surface area contributed by atoms with E-state index in [0.717, 1.165) is 11.3 Å². The largest absolute Gasteiger partial charge is 0.391 e. The molecule has 0 saturated carbocycles. The predicted molar refractivity (Wildman–Crippen MR) is 382 cm³/mol. The van der Waals surface area contributed by atoms with Gasteiger partial charge in [-0.15, -0.1) is 0 Å². The average Bonchev–Trinajstić information content (AvgIpc) is 0.814. The molecule has 13 atom stereocenters. The highest BCUT2D eigenvalue weighted by atomic mass is 16.5. The molecule has 2 saturated heterocycles. The number of likely N-dealkylation sites (tertiary alicyclic amines) is 1. The number of nitrogens with one attached hydrogen (secondary N) is 4. The van der Waals surface area contributed by atoms with Crippen molar-refractivity contribution < 1.29 is 67.7 Å². The Bertz CT molecular complexity index is 3020. The number of hydrogen-bond acceptors (Lipinski definition) is 15. The minimum atomic E-state index is -1.53. The SMILES string of the molecule is CC[C@H](C)[C@H]1C(=O)N[C@@H](C(C)C)C(O)N(C)CC(=O)N(C)[C@@H](CC(C)C)C(=O)N[C@H](C(=O)N2CCCCC2)CC(=O)N(C)[C@@H](C)C(=O)N[C@@H](COC[C@@H](C)O)C(=O)N(C)[C@@H](CC(C)C)C(=O)N(C)[C@@H](Cc2ccccc2)C(=O)N[C@@H](CC(C)C)C(=O)N(C)[C@@H](Cc2ccccc2)C(=O)N1C. The fourth-order valence-electron chi connectivity index (χ4n) is 12.8. The number of aliphatic hydroxyl groups excluding tert-OH is 2. The zero-order valence-electron chi connectivity index (χ0n) is 63.1. The maximum atomic E-state index is 15.6. The highest BCUT2D eigenvalue weighted by Gasteiger charge is 2.44.